The molecule has 130 valence electrons. The number of para-hydroxylation sites is 1. The van der Waals surface area contributed by atoms with Crippen molar-refractivity contribution in [1.29, 1.82) is 5.26 Å². The number of halogens is 1. The van der Waals surface area contributed by atoms with Crippen molar-refractivity contribution in [3.63, 3.8) is 0 Å². The molecule has 26 heavy (non-hydrogen) atoms. The molecule has 1 heterocycles. The Bertz CT molecular complexity index is 952. The molecule has 9 heteroatoms. The zero-order chi connectivity index (χ0) is 18.4. The van der Waals surface area contributed by atoms with Gasteiger partial charge in [-0.15, -0.1) is 10.2 Å². The molecule has 0 aliphatic rings. The number of anilines is 3. The van der Waals surface area contributed by atoms with Gasteiger partial charge < -0.3 is 10.6 Å². The number of carbonyl (C=O) groups excluding carboxylic acids is 1. The Morgan fingerprint density at radius 2 is 1.96 bits per heavy atom. The first-order chi connectivity index (χ1) is 12.6. The summed E-state index contributed by atoms with van der Waals surface area (Å²) in [6, 6.07) is 14.9. The van der Waals surface area contributed by atoms with Crippen molar-refractivity contribution in [3.05, 3.63) is 59.9 Å². The highest BCUT2D eigenvalue weighted by atomic mass is 32.2. The van der Waals surface area contributed by atoms with E-state index in [1.54, 1.807) is 42.5 Å². The lowest BCUT2D eigenvalue weighted by Crippen LogP contribution is -2.13. The molecule has 0 saturated heterocycles. The summed E-state index contributed by atoms with van der Waals surface area (Å²) < 4.78 is 14.2. The minimum absolute atomic E-state index is 0.161. The van der Waals surface area contributed by atoms with Gasteiger partial charge in [-0.2, -0.15) is 5.26 Å². The van der Waals surface area contributed by atoms with Gasteiger partial charge in [0.2, 0.25) is 11.0 Å². The Morgan fingerprint density at radius 1 is 1.19 bits per heavy atom. The number of rotatable bonds is 6. The number of nitrogens with one attached hydrogen (secondary N) is 2. The predicted octanol–water partition coefficient (Wildman–Crippen LogP) is 4.02. The number of hydrogen-bond acceptors (Lipinski definition) is 7. The van der Waals surface area contributed by atoms with E-state index in [9.17, 15) is 9.18 Å². The lowest BCUT2D eigenvalue weighted by Gasteiger charge is -2.03. The predicted molar refractivity (Wildman–Crippen MR) is 100 cm³/mol. The summed E-state index contributed by atoms with van der Waals surface area (Å²) in [5, 5.41) is 22.7. The monoisotopic (exact) mass is 385 g/mol. The Hall–Kier alpha value is -2.96. The van der Waals surface area contributed by atoms with Gasteiger partial charge in [0.25, 0.3) is 0 Å². The molecule has 0 bridgehead atoms. The van der Waals surface area contributed by atoms with Crippen LogP contribution in [0.2, 0.25) is 0 Å². The summed E-state index contributed by atoms with van der Waals surface area (Å²) in [6.07, 6.45) is 0. The summed E-state index contributed by atoms with van der Waals surface area (Å²) in [5.74, 6) is -0.411. The van der Waals surface area contributed by atoms with Crippen LogP contribution < -0.4 is 10.6 Å². The van der Waals surface area contributed by atoms with E-state index in [-0.39, 0.29) is 17.5 Å². The third-order valence-electron chi connectivity index (χ3n) is 3.15. The van der Waals surface area contributed by atoms with Crippen LogP contribution in [0.4, 0.5) is 20.9 Å². The molecule has 1 aromatic heterocycles. The Morgan fingerprint density at radius 3 is 2.69 bits per heavy atom. The molecule has 0 aliphatic carbocycles. The van der Waals surface area contributed by atoms with Crippen molar-refractivity contribution < 1.29 is 9.18 Å². The first-order valence-electron chi connectivity index (χ1n) is 7.42. The smallest absolute Gasteiger partial charge is 0.234 e. The fourth-order valence-electron chi connectivity index (χ4n) is 1.95. The van der Waals surface area contributed by atoms with Crippen molar-refractivity contribution >= 4 is 45.5 Å². The lowest BCUT2D eigenvalue weighted by molar-refractivity contribution is -0.113. The van der Waals surface area contributed by atoms with E-state index in [2.05, 4.69) is 20.8 Å². The normalized spacial score (nSPS) is 10.2. The van der Waals surface area contributed by atoms with Gasteiger partial charge >= 0.3 is 0 Å². The highest BCUT2D eigenvalue weighted by Gasteiger charge is 2.10. The van der Waals surface area contributed by atoms with E-state index in [1.165, 1.54) is 29.2 Å². The molecule has 3 aromatic rings. The number of aromatic nitrogens is 2. The van der Waals surface area contributed by atoms with E-state index in [4.69, 9.17) is 5.26 Å². The summed E-state index contributed by atoms with van der Waals surface area (Å²) in [7, 11) is 0. The molecule has 0 radical (unpaired) electrons. The number of carbonyl (C=O) groups is 1. The average Bonchev–Trinajstić information content (AvgIpc) is 3.10. The molecule has 0 aliphatic heterocycles. The van der Waals surface area contributed by atoms with Crippen LogP contribution in [0.25, 0.3) is 0 Å². The number of nitrogens with zero attached hydrogens (tertiary/aromatic N) is 3. The maximum Gasteiger partial charge on any atom is 0.234 e. The molecule has 6 nitrogen and oxygen atoms in total. The fraction of sp³-hybridized carbons (Fsp3) is 0.0588. The van der Waals surface area contributed by atoms with Crippen molar-refractivity contribution in [1.82, 2.24) is 10.2 Å². The fourth-order valence-corrected chi connectivity index (χ4v) is 3.51. The summed E-state index contributed by atoms with van der Waals surface area (Å²) in [4.78, 5) is 12.0. The summed E-state index contributed by atoms with van der Waals surface area (Å²) in [5.41, 5.74) is 1.47. The molecule has 0 spiro atoms. The van der Waals surface area contributed by atoms with Gasteiger partial charge in [-0.3, -0.25) is 4.79 Å². The van der Waals surface area contributed by atoms with Crippen LogP contribution in [0.15, 0.2) is 52.9 Å². The van der Waals surface area contributed by atoms with Crippen LogP contribution in [0.5, 0.6) is 0 Å². The molecule has 2 aromatic carbocycles. The highest BCUT2D eigenvalue weighted by Crippen LogP contribution is 2.28. The first kappa shape index (κ1) is 17.8. The van der Waals surface area contributed by atoms with Gasteiger partial charge in [0.1, 0.15) is 5.82 Å². The average molecular weight is 385 g/mol. The Kier molecular flexibility index (Phi) is 5.78. The third-order valence-corrected chi connectivity index (χ3v) is 5.12. The molecule has 1 amide bonds. The number of amides is 1. The SMILES string of the molecule is N#Cc1ccc(NC(=O)CSc2nnc(Nc3ccccc3F)s2)cc1. The Labute approximate surface area is 157 Å². The van der Waals surface area contributed by atoms with Gasteiger partial charge in [0.05, 0.1) is 23.1 Å². The quantitative estimate of drug-likeness (QED) is 0.623. The Balaban J connectivity index is 1.52. The zero-order valence-electron chi connectivity index (χ0n) is 13.3. The topological polar surface area (TPSA) is 90.7 Å². The maximum atomic E-state index is 13.6. The third kappa shape index (κ3) is 4.78. The molecule has 3 rings (SSSR count). The van der Waals surface area contributed by atoms with Crippen LogP contribution in [0, 0.1) is 17.1 Å². The van der Waals surface area contributed by atoms with Gasteiger partial charge in [-0.05, 0) is 36.4 Å². The van der Waals surface area contributed by atoms with Gasteiger partial charge in [-0.1, -0.05) is 35.2 Å². The number of hydrogen-bond donors (Lipinski definition) is 2. The van der Waals surface area contributed by atoms with E-state index in [0.29, 0.717) is 26.4 Å². The zero-order valence-corrected chi connectivity index (χ0v) is 14.9. The summed E-state index contributed by atoms with van der Waals surface area (Å²) in [6.45, 7) is 0. The van der Waals surface area contributed by atoms with Crippen molar-refractivity contribution in [2.45, 2.75) is 4.34 Å². The molecule has 2 N–H and O–H groups in total. The maximum absolute atomic E-state index is 13.6. The van der Waals surface area contributed by atoms with Crippen LogP contribution in [-0.4, -0.2) is 21.9 Å². The second kappa shape index (κ2) is 8.42. The van der Waals surface area contributed by atoms with Crippen LogP contribution in [0.3, 0.4) is 0 Å². The van der Waals surface area contributed by atoms with Crippen LogP contribution in [0.1, 0.15) is 5.56 Å². The second-order valence-electron chi connectivity index (χ2n) is 5.00. The minimum atomic E-state index is -0.376. The standard InChI is InChI=1S/C17H12FN5OS2/c18-13-3-1-2-4-14(13)21-16-22-23-17(26-16)25-10-15(24)20-12-7-5-11(9-19)6-8-12/h1-8H,10H2,(H,20,24)(H,21,22). The van der Waals surface area contributed by atoms with Crippen molar-refractivity contribution in [2.75, 3.05) is 16.4 Å². The van der Waals surface area contributed by atoms with Crippen LogP contribution >= 0.6 is 23.1 Å². The van der Waals surface area contributed by atoms with E-state index in [1.807, 2.05) is 6.07 Å². The van der Waals surface area contributed by atoms with Crippen molar-refractivity contribution in [2.24, 2.45) is 0 Å². The van der Waals surface area contributed by atoms with Crippen molar-refractivity contribution in [3.8, 4) is 6.07 Å². The van der Waals surface area contributed by atoms with E-state index >= 15 is 0 Å². The largest absolute Gasteiger partial charge is 0.328 e. The molecule has 0 saturated carbocycles. The highest BCUT2D eigenvalue weighted by molar-refractivity contribution is 8.01. The number of nitriles is 1. The lowest BCUT2D eigenvalue weighted by atomic mass is 10.2. The van der Waals surface area contributed by atoms with Gasteiger partial charge in [0, 0.05) is 5.69 Å². The van der Waals surface area contributed by atoms with Gasteiger partial charge in [0.15, 0.2) is 4.34 Å². The second-order valence-corrected chi connectivity index (χ2v) is 7.20. The molecular weight excluding hydrogens is 373 g/mol. The number of benzene rings is 2. The first-order valence-corrected chi connectivity index (χ1v) is 9.22. The molecule has 0 atom stereocenters. The molecule has 0 fully saturated rings. The van der Waals surface area contributed by atoms with Gasteiger partial charge in [-0.25, -0.2) is 4.39 Å². The summed E-state index contributed by atoms with van der Waals surface area (Å²) >= 11 is 2.47. The van der Waals surface area contributed by atoms with E-state index < -0.39 is 0 Å². The number of thioether (sulfide) groups is 1. The molecule has 0 unspecified atom stereocenters. The minimum Gasteiger partial charge on any atom is -0.328 e. The van der Waals surface area contributed by atoms with E-state index in [0.717, 1.165) is 0 Å². The van der Waals surface area contributed by atoms with Crippen LogP contribution in [-0.2, 0) is 4.79 Å². The molecular formula is C17H12FN5OS2.